The first-order valence-corrected chi connectivity index (χ1v) is 10.0. The number of aliphatic hydroxyl groups is 1. The van der Waals surface area contributed by atoms with Gasteiger partial charge in [0.15, 0.2) is 0 Å². The Labute approximate surface area is 170 Å². The SMILES string of the molecule is CC(C)(O)c1ccnc(NC2CCC(Oc3cc(N)cc4nccnc34)CC2)c1. The van der Waals surface area contributed by atoms with E-state index in [1.165, 1.54) is 0 Å². The number of rotatable bonds is 5. The zero-order chi connectivity index (χ0) is 20.4. The number of hydrogen-bond donors (Lipinski definition) is 3. The van der Waals surface area contributed by atoms with Gasteiger partial charge in [0.1, 0.15) is 17.1 Å². The van der Waals surface area contributed by atoms with Crippen LogP contribution in [-0.2, 0) is 5.60 Å². The number of pyridine rings is 1. The van der Waals surface area contributed by atoms with Crippen molar-refractivity contribution in [3.63, 3.8) is 0 Å². The summed E-state index contributed by atoms with van der Waals surface area (Å²) >= 11 is 0. The molecule has 7 heteroatoms. The molecule has 2 aromatic heterocycles. The number of benzene rings is 1. The normalized spacial score (nSPS) is 19.8. The van der Waals surface area contributed by atoms with Gasteiger partial charge in [0.25, 0.3) is 0 Å². The zero-order valence-corrected chi connectivity index (χ0v) is 16.8. The number of hydrogen-bond acceptors (Lipinski definition) is 7. The van der Waals surface area contributed by atoms with Gasteiger partial charge < -0.3 is 20.9 Å². The van der Waals surface area contributed by atoms with Crippen LogP contribution in [0.1, 0.15) is 45.1 Å². The Morgan fingerprint density at radius 1 is 1.03 bits per heavy atom. The molecule has 2 heterocycles. The Kier molecular flexibility index (Phi) is 5.24. The molecular weight excluding hydrogens is 366 g/mol. The molecule has 0 aliphatic heterocycles. The van der Waals surface area contributed by atoms with Crippen molar-refractivity contribution in [2.45, 2.75) is 57.3 Å². The van der Waals surface area contributed by atoms with Gasteiger partial charge in [0.05, 0.1) is 17.2 Å². The summed E-state index contributed by atoms with van der Waals surface area (Å²) in [5.41, 5.74) is 8.08. The monoisotopic (exact) mass is 393 g/mol. The maximum Gasteiger partial charge on any atom is 0.149 e. The molecule has 152 valence electrons. The van der Waals surface area contributed by atoms with Gasteiger partial charge in [-0.05, 0) is 63.3 Å². The van der Waals surface area contributed by atoms with E-state index in [1.54, 1.807) is 32.4 Å². The molecule has 3 aromatic rings. The quantitative estimate of drug-likeness (QED) is 0.568. The third-order valence-corrected chi connectivity index (χ3v) is 5.35. The minimum absolute atomic E-state index is 0.121. The molecule has 0 spiro atoms. The summed E-state index contributed by atoms with van der Waals surface area (Å²) in [6.45, 7) is 3.55. The Morgan fingerprint density at radius 3 is 2.55 bits per heavy atom. The van der Waals surface area contributed by atoms with Gasteiger partial charge in [-0.3, -0.25) is 4.98 Å². The number of nitrogens with one attached hydrogen (secondary N) is 1. The molecule has 29 heavy (non-hydrogen) atoms. The number of anilines is 2. The first-order valence-electron chi connectivity index (χ1n) is 10.0. The number of nitrogens with zero attached hydrogens (tertiary/aromatic N) is 3. The van der Waals surface area contributed by atoms with E-state index in [-0.39, 0.29) is 6.10 Å². The maximum atomic E-state index is 10.2. The summed E-state index contributed by atoms with van der Waals surface area (Å²) in [5.74, 6) is 1.50. The van der Waals surface area contributed by atoms with Crippen LogP contribution in [-0.4, -0.2) is 32.2 Å². The third-order valence-electron chi connectivity index (χ3n) is 5.35. The summed E-state index contributed by atoms with van der Waals surface area (Å²) < 4.78 is 6.25. The third kappa shape index (κ3) is 4.56. The number of aromatic nitrogens is 3. The second-order valence-electron chi connectivity index (χ2n) is 8.17. The van der Waals surface area contributed by atoms with Crippen molar-refractivity contribution in [1.29, 1.82) is 0 Å². The predicted molar refractivity (Wildman–Crippen MR) is 114 cm³/mol. The van der Waals surface area contributed by atoms with Crippen LogP contribution in [0.5, 0.6) is 5.75 Å². The predicted octanol–water partition coefficient (Wildman–Crippen LogP) is 3.64. The molecule has 0 radical (unpaired) electrons. The lowest BCUT2D eigenvalue weighted by atomic mass is 9.92. The van der Waals surface area contributed by atoms with Crippen LogP contribution < -0.4 is 15.8 Å². The maximum absolute atomic E-state index is 10.2. The molecule has 0 unspecified atom stereocenters. The average Bonchev–Trinajstić information content (AvgIpc) is 2.69. The van der Waals surface area contributed by atoms with Crippen molar-refractivity contribution in [2.75, 3.05) is 11.1 Å². The van der Waals surface area contributed by atoms with Crippen LogP contribution in [0.25, 0.3) is 11.0 Å². The highest BCUT2D eigenvalue weighted by Gasteiger charge is 2.24. The van der Waals surface area contributed by atoms with Gasteiger partial charge in [0, 0.05) is 36.4 Å². The molecule has 1 saturated carbocycles. The summed E-state index contributed by atoms with van der Waals surface area (Å²) in [5, 5.41) is 13.7. The Bertz CT molecular complexity index is 994. The fourth-order valence-corrected chi connectivity index (χ4v) is 3.76. The van der Waals surface area contributed by atoms with Gasteiger partial charge in [-0.1, -0.05) is 0 Å². The minimum atomic E-state index is -0.881. The van der Waals surface area contributed by atoms with E-state index >= 15 is 0 Å². The highest BCUT2D eigenvalue weighted by molar-refractivity contribution is 5.84. The summed E-state index contributed by atoms with van der Waals surface area (Å²) in [6, 6.07) is 7.73. The molecule has 1 aromatic carbocycles. The standard InChI is InChI=1S/C22H27N5O2/c1-22(2,28)14-7-8-25-20(11-14)27-16-3-5-17(6-4-16)29-19-13-15(23)12-18-21(19)26-10-9-24-18/h7-13,16-17,28H,3-6,23H2,1-2H3,(H,25,27). The van der Waals surface area contributed by atoms with Gasteiger partial charge in [-0.15, -0.1) is 0 Å². The molecule has 0 saturated heterocycles. The second kappa shape index (κ2) is 7.83. The first-order chi connectivity index (χ1) is 13.9. The second-order valence-corrected chi connectivity index (χ2v) is 8.17. The van der Waals surface area contributed by atoms with Crippen molar-refractivity contribution in [1.82, 2.24) is 15.0 Å². The van der Waals surface area contributed by atoms with E-state index < -0.39 is 5.60 Å². The van der Waals surface area contributed by atoms with Crippen molar-refractivity contribution < 1.29 is 9.84 Å². The molecule has 7 nitrogen and oxygen atoms in total. The molecule has 0 bridgehead atoms. The van der Waals surface area contributed by atoms with Gasteiger partial charge in [-0.25, -0.2) is 9.97 Å². The van der Waals surface area contributed by atoms with Crippen LogP contribution >= 0.6 is 0 Å². The Morgan fingerprint density at radius 2 is 1.79 bits per heavy atom. The molecule has 4 rings (SSSR count). The summed E-state index contributed by atoms with van der Waals surface area (Å²) in [4.78, 5) is 13.1. The van der Waals surface area contributed by atoms with E-state index in [4.69, 9.17) is 10.5 Å². The number of ether oxygens (including phenoxy) is 1. The summed E-state index contributed by atoms with van der Waals surface area (Å²) in [6.07, 6.45) is 8.99. The topological polar surface area (TPSA) is 106 Å². The largest absolute Gasteiger partial charge is 0.488 e. The van der Waals surface area contributed by atoms with E-state index in [2.05, 4.69) is 20.3 Å². The van der Waals surface area contributed by atoms with Crippen molar-refractivity contribution in [2.24, 2.45) is 0 Å². The van der Waals surface area contributed by atoms with Gasteiger partial charge in [0.2, 0.25) is 0 Å². The van der Waals surface area contributed by atoms with Crippen LogP contribution in [0.3, 0.4) is 0 Å². The lowest BCUT2D eigenvalue weighted by molar-refractivity contribution is 0.0785. The van der Waals surface area contributed by atoms with E-state index in [0.717, 1.165) is 48.1 Å². The first kappa shape index (κ1) is 19.4. The molecular formula is C22H27N5O2. The lowest BCUT2D eigenvalue weighted by Gasteiger charge is -2.30. The minimum Gasteiger partial charge on any atom is -0.488 e. The summed E-state index contributed by atoms with van der Waals surface area (Å²) in [7, 11) is 0. The molecule has 0 amide bonds. The smallest absolute Gasteiger partial charge is 0.149 e. The Balaban J connectivity index is 1.38. The highest BCUT2D eigenvalue weighted by atomic mass is 16.5. The lowest BCUT2D eigenvalue weighted by Crippen LogP contribution is -2.31. The van der Waals surface area contributed by atoms with E-state index in [1.807, 2.05) is 24.3 Å². The number of nitrogens with two attached hydrogens (primary N) is 1. The van der Waals surface area contributed by atoms with Crippen molar-refractivity contribution in [3.05, 3.63) is 48.4 Å². The number of fused-ring (bicyclic) bond motifs is 1. The van der Waals surface area contributed by atoms with Crippen molar-refractivity contribution >= 4 is 22.5 Å². The molecule has 1 aliphatic rings. The average molecular weight is 393 g/mol. The van der Waals surface area contributed by atoms with Crippen LogP contribution in [0.2, 0.25) is 0 Å². The number of nitrogen functional groups attached to an aromatic ring is 1. The fourth-order valence-electron chi connectivity index (χ4n) is 3.76. The van der Waals surface area contributed by atoms with Gasteiger partial charge in [-0.2, -0.15) is 0 Å². The van der Waals surface area contributed by atoms with Crippen LogP contribution in [0.4, 0.5) is 11.5 Å². The fraction of sp³-hybridized carbons (Fsp3) is 0.409. The Hall–Kier alpha value is -2.93. The van der Waals surface area contributed by atoms with Crippen LogP contribution in [0, 0.1) is 0 Å². The van der Waals surface area contributed by atoms with E-state index in [0.29, 0.717) is 17.5 Å². The van der Waals surface area contributed by atoms with E-state index in [9.17, 15) is 5.11 Å². The van der Waals surface area contributed by atoms with Crippen LogP contribution in [0.15, 0.2) is 42.9 Å². The molecule has 4 N–H and O–H groups in total. The molecule has 1 aliphatic carbocycles. The zero-order valence-electron chi connectivity index (χ0n) is 16.8. The highest BCUT2D eigenvalue weighted by Crippen LogP contribution is 2.31. The molecule has 1 fully saturated rings. The van der Waals surface area contributed by atoms with Crippen molar-refractivity contribution in [3.8, 4) is 5.75 Å². The van der Waals surface area contributed by atoms with Gasteiger partial charge >= 0.3 is 0 Å². The molecule has 0 atom stereocenters.